The lowest BCUT2D eigenvalue weighted by atomic mass is 10.0. The Morgan fingerprint density at radius 2 is 1.95 bits per heavy atom. The second-order valence-electron chi connectivity index (χ2n) is 5.00. The van der Waals surface area contributed by atoms with Crippen LogP contribution in [0.3, 0.4) is 0 Å². The summed E-state index contributed by atoms with van der Waals surface area (Å²) in [5, 5.41) is 11.8. The van der Waals surface area contributed by atoms with Gasteiger partial charge < -0.3 is 20.9 Å². The molecule has 108 valence electrons. The van der Waals surface area contributed by atoms with Gasteiger partial charge in [0.25, 0.3) is 0 Å². The monoisotopic (exact) mass is 284 g/mol. The van der Waals surface area contributed by atoms with Crippen LogP contribution in [0, 0.1) is 0 Å². The van der Waals surface area contributed by atoms with Gasteiger partial charge in [0.05, 0.1) is 12.3 Å². The molecule has 0 radical (unpaired) electrons. The number of amides is 1. The molecule has 1 aliphatic heterocycles. The van der Waals surface area contributed by atoms with Crippen molar-refractivity contribution in [3.8, 4) is 11.5 Å². The van der Waals surface area contributed by atoms with E-state index in [0.29, 0.717) is 30.0 Å². The van der Waals surface area contributed by atoms with Crippen LogP contribution in [-0.2, 0) is 17.8 Å². The quantitative estimate of drug-likeness (QED) is 0.756. The Bertz CT molecular complexity index is 681. The highest BCUT2D eigenvalue weighted by Crippen LogP contribution is 2.35. The minimum Gasteiger partial charge on any atom is -0.455 e. The van der Waals surface area contributed by atoms with Crippen molar-refractivity contribution in [2.75, 3.05) is 11.1 Å². The maximum Gasteiger partial charge on any atom is 0.224 e. The van der Waals surface area contributed by atoms with Gasteiger partial charge in [0.1, 0.15) is 5.75 Å². The Hall–Kier alpha value is -2.53. The summed E-state index contributed by atoms with van der Waals surface area (Å²) in [5.74, 6) is 1.23. The molecule has 4 N–H and O–H groups in total. The first-order chi connectivity index (χ1) is 10.2. The van der Waals surface area contributed by atoms with E-state index in [-0.39, 0.29) is 12.5 Å². The molecule has 0 bridgehead atoms. The van der Waals surface area contributed by atoms with Crippen LogP contribution in [-0.4, -0.2) is 11.0 Å². The third kappa shape index (κ3) is 2.83. The summed E-state index contributed by atoms with van der Waals surface area (Å²) >= 11 is 0. The molecule has 0 spiro atoms. The van der Waals surface area contributed by atoms with Crippen molar-refractivity contribution in [2.45, 2.75) is 19.4 Å². The molecule has 1 heterocycles. The van der Waals surface area contributed by atoms with E-state index in [9.17, 15) is 4.79 Å². The Morgan fingerprint density at radius 3 is 2.67 bits per heavy atom. The molecule has 0 aliphatic carbocycles. The van der Waals surface area contributed by atoms with Gasteiger partial charge in [-0.05, 0) is 41.8 Å². The van der Waals surface area contributed by atoms with Gasteiger partial charge in [-0.3, -0.25) is 4.79 Å². The second-order valence-corrected chi connectivity index (χ2v) is 5.00. The predicted octanol–water partition coefficient (Wildman–Crippen LogP) is 2.44. The van der Waals surface area contributed by atoms with E-state index in [2.05, 4.69) is 5.32 Å². The molecule has 0 saturated heterocycles. The standard InChI is InChI=1S/C16H16N2O3/c17-13-8-14-11(3-6-16(20)18-14)7-15(13)21-12-4-1-10(9-19)2-5-12/h1-2,4-5,7-8,19H,3,6,9,17H2,(H,18,20). The molecule has 1 aliphatic rings. The maximum absolute atomic E-state index is 11.4. The molecule has 3 rings (SSSR count). The fourth-order valence-electron chi connectivity index (χ4n) is 2.30. The average Bonchev–Trinajstić information content (AvgIpc) is 2.49. The van der Waals surface area contributed by atoms with Gasteiger partial charge in [-0.2, -0.15) is 0 Å². The first-order valence-corrected chi connectivity index (χ1v) is 6.75. The number of carbonyl (C=O) groups excluding carboxylic acids is 1. The number of hydrogen-bond acceptors (Lipinski definition) is 4. The van der Waals surface area contributed by atoms with E-state index in [1.54, 1.807) is 30.3 Å². The average molecular weight is 284 g/mol. The van der Waals surface area contributed by atoms with Crippen LogP contribution >= 0.6 is 0 Å². The number of fused-ring (bicyclic) bond motifs is 1. The minimum absolute atomic E-state index is 0.000954. The largest absolute Gasteiger partial charge is 0.455 e. The van der Waals surface area contributed by atoms with E-state index >= 15 is 0 Å². The van der Waals surface area contributed by atoms with Crippen LogP contribution in [0.5, 0.6) is 11.5 Å². The molecular weight excluding hydrogens is 268 g/mol. The summed E-state index contributed by atoms with van der Waals surface area (Å²) in [6, 6.07) is 10.8. The van der Waals surface area contributed by atoms with Crippen molar-refractivity contribution in [1.82, 2.24) is 0 Å². The van der Waals surface area contributed by atoms with E-state index in [1.165, 1.54) is 0 Å². The molecule has 1 amide bonds. The Labute approximate surface area is 122 Å². The Balaban J connectivity index is 1.86. The predicted molar refractivity (Wildman–Crippen MR) is 80.2 cm³/mol. The van der Waals surface area contributed by atoms with Crippen molar-refractivity contribution < 1.29 is 14.6 Å². The number of aryl methyl sites for hydroxylation is 1. The van der Waals surface area contributed by atoms with Crippen molar-refractivity contribution in [3.05, 3.63) is 47.5 Å². The maximum atomic E-state index is 11.4. The van der Waals surface area contributed by atoms with Gasteiger partial charge in [-0.15, -0.1) is 0 Å². The lowest BCUT2D eigenvalue weighted by Gasteiger charge is -2.19. The van der Waals surface area contributed by atoms with Crippen molar-refractivity contribution in [1.29, 1.82) is 0 Å². The molecule has 21 heavy (non-hydrogen) atoms. The minimum atomic E-state index is 0.000954. The number of carbonyl (C=O) groups is 1. The van der Waals surface area contributed by atoms with Gasteiger partial charge in [-0.25, -0.2) is 0 Å². The van der Waals surface area contributed by atoms with Gasteiger partial charge in [-0.1, -0.05) is 12.1 Å². The fraction of sp³-hybridized carbons (Fsp3) is 0.188. The summed E-state index contributed by atoms with van der Waals surface area (Å²) in [6.45, 7) is 0.000954. The number of anilines is 2. The number of aliphatic hydroxyl groups is 1. The zero-order valence-corrected chi connectivity index (χ0v) is 11.4. The van der Waals surface area contributed by atoms with Crippen LogP contribution in [0.2, 0.25) is 0 Å². The zero-order chi connectivity index (χ0) is 14.8. The van der Waals surface area contributed by atoms with Crippen molar-refractivity contribution in [3.63, 3.8) is 0 Å². The summed E-state index contributed by atoms with van der Waals surface area (Å²) in [6.07, 6.45) is 1.16. The molecule has 0 atom stereocenters. The zero-order valence-electron chi connectivity index (χ0n) is 11.4. The molecule has 5 heteroatoms. The number of rotatable bonds is 3. The SMILES string of the molecule is Nc1cc2c(cc1Oc1ccc(CO)cc1)CCC(=O)N2. The van der Waals surface area contributed by atoms with Crippen molar-refractivity contribution >= 4 is 17.3 Å². The highest BCUT2D eigenvalue weighted by Gasteiger charge is 2.17. The summed E-state index contributed by atoms with van der Waals surface area (Å²) in [5.41, 5.74) is 9.05. The lowest BCUT2D eigenvalue weighted by Crippen LogP contribution is -2.19. The number of aliphatic hydroxyl groups excluding tert-OH is 1. The molecule has 0 unspecified atom stereocenters. The first-order valence-electron chi connectivity index (χ1n) is 6.75. The van der Waals surface area contributed by atoms with Gasteiger partial charge in [0, 0.05) is 12.1 Å². The van der Waals surface area contributed by atoms with Crippen LogP contribution in [0.15, 0.2) is 36.4 Å². The Kier molecular flexibility index (Phi) is 3.50. The van der Waals surface area contributed by atoms with E-state index < -0.39 is 0 Å². The topological polar surface area (TPSA) is 84.6 Å². The lowest BCUT2D eigenvalue weighted by molar-refractivity contribution is -0.116. The number of nitrogen functional groups attached to an aromatic ring is 1. The smallest absolute Gasteiger partial charge is 0.224 e. The molecule has 2 aromatic carbocycles. The van der Waals surface area contributed by atoms with Crippen LogP contribution < -0.4 is 15.8 Å². The van der Waals surface area contributed by atoms with Crippen molar-refractivity contribution in [2.24, 2.45) is 0 Å². The Morgan fingerprint density at radius 1 is 1.19 bits per heavy atom. The molecule has 0 fully saturated rings. The van der Waals surface area contributed by atoms with Crippen LogP contribution in [0.1, 0.15) is 17.5 Å². The third-order valence-corrected chi connectivity index (χ3v) is 3.46. The summed E-state index contributed by atoms with van der Waals surface area (Å²) in [7, 11) is 0. The van der Waals surface area contributed by atoms with Gasteiger partial charge in [0.2, 0.25) is 5.91 Å². The normalized spacial score (nSPS) is 13.5. The van der Waals surface area contributed by atoms with E-state index in [0.717, 1.165) is 16.8 Å². The molecule has 0 saturated carbocycles. The highest BCUT2D eigenvalue weighted by molar-refractivity contribution is 5.94. The van der Waals surface area contributed by atoms with E-state index in [1.807, 2.05) is 6.07 Å². The number of ether oxygens (including phenoxy) is 1. The summed E-state index contributed by atoms with van der Waals surface area (Å²) in [4.78, 5) is 11.4. The molecule has 0 aromatic heterocycles. The number of benzene rings is 2. The fourth-order valence-corrected chi connectivity index (χ4v) is 2.30. The first kappa shape index (κ1) is 13.5. The van der Waals surface area contributed by atoms with Crippen LogP contribution in [0.4, 0.5) is 11.4 Å². The summed E-state index contributed by atoms with van der Waals surface area (Å²) < 4.78 is 5.78. The van der Waals surface area contributed by atoms with Crippen LogP contribution in [0.25, 0.3) is 0 Å². The molecule has 2 aromatic rings. The molecular formula is C16H16N2O3. The third-order valence-electron chi connectivity index (χ3n) is 3.46. The number of hydrogen-bond donors (Lipinski definition) is 3. The molecule has 5 nitrogen and oxygen atoms in total. The number of nitrogens with one attached hydrogen (secondary N) is 1. The second kappa shape index (κ2) is 5.46. The van der Waals surface area contributed by atoms with E-state index in [4.69, 9.17) is 15.6 Å². The highest BCUT2D eigenvalue weighted by atomic mass is 16.5. The number of nitrogens with two attached hydrogens (primary N) is 1. The van der Waals surface area contributed by atoms with Gasteiger partial charge >= 0.3 is 0 Å². The van der Waals surface area contributed by atoms with Gasteiger partial charge in [0.15, 0.2) is 5.75 Å².